The van der Waals surface area contributed by atoms with E-state index in [4.69, 9.17) is 16.3 Å². The number of carboxylic acids is 1. The summed E-state index contributed by atoms with van der Waals surface area (Å²) in [6.45, 7) is 4.92. The molecule has 1 unspecified atom stereocenters. The number of esters is 1. The van der Waals surface area contributed by atoms with Gasteiger partial charge in [-0.3, -0.25) is 14.5 Å². The summed E-state index contributed by atoms with van der Waals surface area (Å²) in [5, 5.41) is 11.2. The predicted molar refractivity (Wildman–Crippen MR) is 86.2 cm³/mol. The van der Waals surface area contributed by atoms with Crippen molar-refractivity contribution in [2.24, 2.45) is 0 Å². The van der Waals surface area contributed by atoms with Gasteiger partial charge in [-0.15, -0.1) is 23.4 Å². The highest BCUT2D eigenvalue weighted by Gasteiger charge is 2.55. The minimum absolute atomic E-state index is 0.0194. The van der Waals surface area contributed by atoms with Crippen molar-refractivity contribution in [3.8, 4) is 0 Å². The second-order valence-electron chi connectivity index (χ2n) is 6.22. The van der Waals surface area contributed by atoms with E-state index in [-0.39, 0.29) is 22.9 Å². The fourth-order valence-corrected chi connectivity index (χ4v) is 3.72. The molecule has 0 aromatic heterocycles. The summed E-state index contributed by atoms with van der Waals surface area (Å²) in [6, 6.07) is -0.839. The highest BCUT2D eigenvalue weighted by atomic mass is 35.5. The minimum Gasteiger partial charge on any atom is -0.478 e. The molecule has 0 spiro atoms. The maximum absolute atomic E-state index is 12.4. The van der Waals surface area contributed by atoms with Crippen LogP contribution in [-0.4, -0.2) is 62.4 Å². The lowest BCUT2D eigenvalue weighted by atomic mass is 10.0. The number of β-lactam (4-membered cyclic amide) rings is 1. The molecule has 2 aliphatic heterocycles. The largest absolute Gasteiger partial charge is 0.478 e. The summed E-state index contributed by atoms with van der Waals surface area (Å²) in [5.74, 6) is -3.52. The van der Waals surface area contributed by atoms with Crippen molar-refractivity contribution >= 4 is 47.1 Å². The van der Waals surface area contributed by atoms with E-state index in [0.717, 1.165) is 16.7 Å². The number of nitrogens with one attached hydrogen (secondary N) is 1. The number of carbonyl (C=O) groups excluding carboxylic acids is 3. The number of thioether (sulfide) groups is 1. The number of hydrogen-bond acceptors (Lipinski definition) is 6. The molecule has 2 amide bonds. The lowest BCUT2D eigenvalue weighted by molar-refractivity contribution is -0.159. The lowest BCUT2D eigenvalue weighted by Crippen LogP contribution is -2.71. The molecule has 0 radical (unpaired) electrons. The first kappa shape index (κ1) is 18.6. The second kappa shape index (κ2) is 6.64. The summed E-state index contributed by atoms with van der Waals surface area (Å²) in [4.78, 5) is 48.6. The molecule has 0 aliphatic carbocycles. The number of halogens is 1. The molecule has 2 atom stereocenters. The first-order chi connectivity index (χ1) is 11.1. The van der Waals surface area contributed by atoms with Gasteiger partial charge in [-0.2, -0.15) is 0 Å². The Labute approximate surface area is 147 Å². The van der Waals surface area contributed by atoms with Gasteiger partial charge in [0.05, 0.1) is 5.57 Å². The molecular formula is C14H17ClN2O6S. The van der Waals surface area contributed by atoms with Crippen molar-refractivity contribution in [3.63, 3.8) is 0 Å². The molecule has 2 rings (SSSR count). The zero-order chi connectivity index (χ0) is 18.2. The molecule has 8 nitrogen and oxygen atoms in total. The maximum Gasteiger partial charge on any atom is 0.356 e. The van der Waals surface area contributed by atoms with Crippen molar-refractivity contribution in [2.45, 2.75) is 37.8 Å². The number of fused-ring (bicyclic) bond motifs is 1. The summed E-state index contributed by atoms with van der Waals surface area (Å²) < 4.78 is 5.22. The highest BCUT2D eigenvalue weighted by Crippen LogP contribution is 2.41. The number of hydrogen-bond donors (Lipinski definition) is 2. The van der Waals surface area contributed by atoms with Crippen molar-refractivity contribution in [1.29, 1.82) is 0 Å². The van der Waals surface area contributed by atoms with E-state index < -0.39 is 40.8 Å². The van der Waals surface area contributed by atoms with Crippen LogP contribution in [0, 0.1) is 0 Å². The van der Waals surface area contributed by atoms with E-state index >= 15 is 0 Å². The monoisotopic (exact) mass is 376 g/mol. The Hall–Kier alpha value is -1.74. The third-order valence-corrected chi connectivity index (χ3v) is 4.78. The minimum atomic E-state index is -1.29. The normalized spacial score (nSPS) is 23.3. The molecule has 2 N–H and O–H groups in total. The molecular weight excluding hydrogens is 360 g/mol. The molecule has 0 aromatic carbocycles. The number of carboxylic acid groups (broad SMARTS) is 1. The number of aliphatic carboxylic acids is 1. The lowest BCUT2D eigenvalue weighted by Gasteiger charge is -2.49. The summed E-state index contributed by atoms with van der Waals surface area (Å²) in [7, 11) is 0. The van der Waals surface area contributed by atoms with Gasteiger partial charge in [-0.1, -0.05) is 0 Å². The zero-order valence-electron chi connectivity index (χ0n) is 13.3. The average molecular weight is 377 g/mol. The third-order valence-electron chi connectivity index (χ3n) is 3.26. The summed E-state index contributed by atoms with van der Waals surface area (Å²) in [5.41, 5.74) is -1.31. The fourth-order valence-electron chi connectivity index (χ4n) is 2.31. The van der Waals surface area contributed by atoms with Gasteiger partial charge in [0.25, 0.3) is 5.91 Å². The standard InChI is InChI=1S/C14H17ClN2O6S/c1-14(2,3)23-13(22)9-6(12(20)21)5-24-11-8(10(19)17(9)11)16-7(18)4-15/h8,11H,4-5H2,1-3H3,(H,16,18)(H,20,21)/t8?,11-/m1/s1. The topological polar surface area (TPSA) is 113 Å². The van der Waals surface area contributed by atoms with Gasteiger partial charge < -0.3 is 15.2 Å². The van der Waals surface area contributed by atoms with Crippen molar-refractivity contribution < 1.29 is 29.0 Å². The van der Waals surface area contributed by atoms with Gasteiger partial charge in [-0.05, 0) is 20.8 Å². The summed E-state index contributed by atoms with van der Waals surface area (Å²) in [6.07, 6.45) is 0. The van der Waals surface area contributed by atoms with Gasteiger partial charge in [0.2, 0.25) is 5.91 Å². The molecule has 24 heavy (non-hydrogen) atoms. The number of amides is 2. The smallest absolute Gasteiger partial charge is 0.356 e. The zero-order valence-corrected chi connectivity index (χ0v) is 14.9. The van der Waals surface area contributed by atoms with Gasteiger partial charge in [-0.25, -0.2) is 9.59 Å². The van der Waals surface area contributed by atoms with E-state index in [1.54, 1.807) is 20.8 Å². The Kier molecular flexibility index (Phi) is 5.14. The molecule has 0 bridgehead atoms. The molecule has 2 aliphatic rings. The van der Waals surface area contributed by atoms with Gasteiger partial charge in [0, 0.05) is 5.75 Å². The van der Waals surface area contributed by atoms with Crippen molar-refractivity contribution in [3.05, 3.63) is 11.3 Å². The Morgan fingerprint density at radius 2 is 2.04 bits per heavy atom. The number of alkyl halides is 1. The van der Waals surface area contributed by atoms with Crippen molar-refractivity contribution in [2.75, 3.05) is 11.6 Å². The number of rotatable bonds is 4. The third kappa shape index (κ3) is 3.51. The van der Waals surface area contributed by atoms with E-state index in [1.165, 1.54) is 0 Å². The van der Waals surface area contributed by atoms with E-state index in [1.807, 2.05) is 0 Å². The SMILES string of the molecule is CC(C)(C)OC(=O)C1=C(C(=O)O)CS[C@@H]2C(NC(=O)CCl)C(=O)N12. The van der Waals surface area contributed by atoms with Crippen LogP contribution in [0.4, 0.5) is 0 Å². The van der Waals surface area contributed by atoms with Crippen LogP contribution in [0.3, 0.4) is 0 Å². The van der Waals surface area contributed by atoms with Gasteiger partial charge >= 0.3 is 11.9 Å². The van der Waals surface area contributed by atoms with Crippen LogP contribution in [0.2, 0.25) is 0 Å². The van der Waals surface area contributed by atoms with Crippen LogP contribution in [-0.2, 0) is 23.9 Å². The number of carbonyl (C=O) groups is 4. The average Bonchev–Trinajstić information content (AvgIpc) is 2.48. The Morgan fingerprint density at radius 1 is 1.42 bits per heavy atom. The van der Waals surface area contributed by atoms with Crippen LogP contribution in [0.5, 0.6) is 0 Å². The number of ether oxygens (including phenoxy) is 1. The Morgan fingerprint density at radius 3 is 2.54 bits per heavy atom. The van der Waals surface area contributed by atoms with Crippen LogP contribution in [0.1, 0.15) is 20.8 Å². The number of nitrogens with zero attached hydrogens (tertiary/aromatic N) is 1. The fraction of sp³-hybridized carbons (Fsp3) is 0.571. The predicted octanol–water partition coefficient (Wildman–Crippen LogP) is 0.305. The quantitative estimate of drug-likeness (QED) is 0.412. The highest BCUT2D eigenvalue weighted by molar-refractivity contribution is 8.00. The maximum atomic E-state index is 12.4. The first-order valence-electron chi connectivity index (χ1n) is 7.06. The molecule has 10 heteroatoms. The van der Waals surface area contributed by atoms with Crippen LogP contribution >= 0.6 is 23.4 Å². The molecule has 0 aromatic rings. The second-order valence-corrected chi connectivity index (χ2v) is 7.60. The first-order valence-corrected chi connectivity index (χ1v) is 8.65. The molecule has 0 saturated carbocycles. The van der Waals surface area contributed by atoms with E-state index in [9.17, 15) is 24.3 Å². The Bertz CT molecular complexity index is 642. The van der Waals surface area contributed by atoms with Crippen LogP contribution in [0.25, 0.3) is 0 Å². The van der Waals surface area contributed by atoms with Gasteiger partial charge in [0.1, 0.15) is 28.6 Å². The molecule has 2 heterocycles. The van der Waals surface area contributed by atoms with Crippen molar-refractivity contribution in [1.82, 2.24) is 10.2 Å². The molecule has 1 fully saturated rings. The molecule has 1 saturated heterocycles. The summed E-state index contributed by atoms with van der Waals surface area (Å²) >= 11 is 6.57. The molecule has 132 valence electrons. The van der Waals surface area contributed by atoms with Gasteiger partial charge in [0.15, 0.2) is 0 Å². The van der Waals surface area contributed by atoms with Crippen LogP contribution < -0.4 is 5.32 Å². The van der Waals surface area contributed by atoms with Crippen LogP contribution in [0.15, 0.2) is 11.3 Å². The Balaban J connectivity index is 2.31. The van der Waals surface area contributed by atoms with E-state index in [2.05, 4.69) is 5.32 Å². The van der Waals surface area contributed by atoms with E-state index in [0.29, 0.717) is 0 Å².